The number of thioether (sulfide) groups is 1. The number of dihydropyridines is 1. The highest BCUT2D eigenvalue weighted by Gasteiger charge is 2.43. The van der Waals surface area contributed by atoms with Gasteiger partial charge in [0.25, 0.3) is 0 Å². The zero-order valence-corrected chi connectivity index (χ0v) is 17.6. The number of nitrogens with one attached hydrogen (secondary N) is 1. The van der Waals surface area contributed by atoms with Crippen molar-refractivity contribution in [2.75, 3.05) is 6.26 Å². The molecule has 0 aromatic rings. The number of hydrogen-bond acceptors (Lipinski definition) is 3. The summed E-state index contributed by atoms with van der Waals surface area (Å²) in [5, 5.41) is 4.65. The number of fused-ring (bicyclic) bond motifs is 1. The molecule has 1 saturated carbocycles. The average molecular weight is 384 g/mol. The predicted molar refractivity (Wildman–Crippen MR) is 114 cm³/mol. The third-order valence-corrected chi connectivity index (χ3v) is 8.95. The summed E-state index contributed by atoms with van der Waals surface area (Å²) in [5.74, 6) is 1.55. The Kier molecular flexibility index (Phi) is 5.00. The first-order valence-corrected chi connectivity index (χ1v) is 12.6. The largest absolute Gasteiger partial charge is 0.362 e. The summed E-state index contributed by atoms with van der Waals surface area (Å²) in [4.78, 5) is 13.1. The number of allylic oxidation sites excluding steroid dienone is 6. The Balaban J connectivity index is 1.56. The van der Waals surface area contributed by atoms with E-state index in [1.165, 1.54) is 81.2 Å². The van der Waals surface area contributed by atoms with Gasteiger partial charge in [-0.25, -0.2) is 0 Å². The molecule has 0 aromatic heterocycles. The van der Waals surface area contributed by atoms with Crippen molar-refractivity contribution < 1.29 is 4.79 Å². The number of rotatable bonds is 2. The van der Waals surface area contributed by atoms with Crippen LogP contribution in [0.25, 0.3) is 0 Å². The fourth-order valence-electron chi connectivity index (χ4n) is 6.48. The fraction of sp³-hybridized carbons (Fsp3) is 0.708. The molecule has 0 radical (unpaired) electrons. The summed E-state index contributed by atoms with van der Waals surface area (Å²) >= 11 is 2.05. The van der Waals surface area contributed by atoms with Crippen molar-refractivity contribution in [3.63, 3.8) is 0 Å². The Morgan fingerprint density at radius 3 is 2.41 bits per heavy atom. The molecule has 1 heterocycles. The second-order valence-corrected chi connectivity index (χ2v) is 10.4. The molecule has 0 amide bonds. The van der Waals surface area contributed by atoms with Gasteiger partial charge in [0.1, 0.15) is 0 Å². The van der Waals surface area contributed by atoms with Gasteiger partial charge < -0.3 is 5.32 Å². The van der Waals surface area contributed by atoms with E-state index in [1.807, 2.05) is 11.8 Å². The Labute approximate surface area is 168 Å². The van der Waals surface area contributed by atoms with Crippen LogP contribution in [0.4, 0.5) is 0 Å². The number of ketones is 1. The topological polar surface area (TPSA) is 29.1 Å². The van der Waals surface area contributed by atoms with Gasteiger partial charge in [-0.15, -0.1) is 0 Å². The molecule has 1 unspecified atom stereocenters. The zero-order valence-electron chi connectivity index (χ0n) is 16.7. The molecule has 2 nitrogen and oxygen atoms in total. The highest BCUT2D eigenvalue weighted by Crippen LogP contribution is 2.52. The number of carbonyl (C=O) groups excluding carboxylic acids is 1. The number of Topliss-reactive ketones (excluding diaryl/α,β-unsaturated/α-hetero) is 1. The van der Waals surface area contributed by atoms with Crippen LogP contribution in [0.2, 0.25) is 0 Å². The van der Waals surface area contributed by atoms with Crippen LogP contribution in [0, 0.1) is 11.8 Å². The SMILES string of the molecule is CSC1CCC(C2C3=C(CCCC3=O)NC3=C2C2=C(CCCC2)CC3)CC1. The first-order chi connectivity index (χ1) is 13.3. The molecule has 1 fully saturated rings. The summed E-state index contributed by atoms with van der Waals surface area (Å²) in [6.07, 6.45) is 18.1. The van der Waals surface area contributed by atoms with Crippen LogP contribution in [0.1, 0.15) is 83.5 Å². The maximum atomic E-state index is 13.1. The highest BCUT2D eigenvalue weighted by atomic mass is 32.2. The molecular weight excluding hydrogens is 350 g/mol. The molecule has 27 heavy (non-hydrogen) atoms. The number of hydrogen-bond donors (Lipinski definition) is 1. The third kappa shape index (κ3) is 3.14. The molecule has 5 rings (SSSR count). The molecule has 5 aliphatic rings. The van der Waals surface area contributed by atoms with Crippen LogP contribution in [-0.2, 0) is 4.79 Å². The normalized spacial score (nSPS) is 34.1. The maximum Gasteiger partial charge on any atom is 0.161 e. The Hall–Kier alpha value is -0.960. The fourth-order valence-corrected chi connectivity index (χ4v) is 7.22. The van der Waals surface area contributed by atoms with E-state index in [9.17, 15) is 4.79 Å². The second-order valence-electron chi connectivity index (χ2n) is 9.23. The monoisotopic (exact) mass is 383 g/mol. The first-order valence-electron chi connectivity index (χ1n) is 11.3. The van der Waals surface area contributed by atoms with E-state index in [4.69, 9.17) is 0 Å². The van der Waals surface area contributed by atoms with Gasteiger partial charge in [-0.3, -0.25) is 4.79 Å². The molecule has 3 heteroatoms. The molecule has 1 N–H and O–H groups in total. The average Bonchev–Trinajstić information content (AvgIpc) is 2.72. The van der Waals surface area contributed by atoms with Crippen LogP contribution < -0.4 is 5.32 Å². The summed E-state index contributed by atoms with van der Waals surface area (Å²) in [7, 11) is 0. The Morgan fingerprint density at radius 1 is 0.815 bits per heavy atom. The maximum absolute atomic E-state index is 13.1. The van der Waals surface area contributed by atoms with Crippen LogP contribution in [-0.4, -0.2) is 17.3 Å². The van der Waals surface area contributed by atoms with E-state index in [1.54, 1.807) is 16.7 Å². The van der Waals surface area contributed by atoms with Crippen LogP contribution in [0.15, 0.2) is 33.7 Å². The molecule has 4 aliphatic carbocycles. The van der Waals surface area contributed by atoms with Crippen molar-refractivity contribution >= 4 is 17.5 Å². The van der Waals surface area contributed by atoms with E-state index in [0.717, 1.165) is 24.5 Å². The van der Waals surface area contributed by atoms with Gasteiger partial charge in [0.05, 0.1) is 0 Å². The summed E-state index contributed by atoms with van der Waals surface area (Å²) < 4.78 is 0. The number of carbonyl (C=O) groups is 1. The predicted octanol–water partition coefficient (Wildman–Crippen LogP) is 6.05. The van der Waals surface area contributed by atoms with Crippen LogP contribution in [0.5, 0.6) is 0 Å². The molecule has 1 atom stereocenters. The smallest absolute Gasteiger partial charge is 0.161 e. The Morgan fingerprint density at radius 2 is 1.59 bits per heavy atom. The van der Waals surface area contributed by atoms with Crippen molar-refractivity contribution in [3.05, 3.63) is 33.7 Å². The van der Waals surface area contributed by atoms with E-state index >= 15 is 0 Å². The lowest BCUT2D eigenvalue weighted by molar-refractivity contribution is -0.116. The summed E-state index contributed by atoms with van der Waals surface area (Å²) in [5.41, 5.74) is 9.04. The minimum atomic E-state index is 0.412. The zero-order chi connectivity index (χ0) is 18.4. The standard InChI is InChI=1S/C24H33NOS/c1-27-17-12-9-16(10-13-17)22-23-18-6-3-2-5-15(18)11-14-20(23)25-19-7-4-8-21(26)24(19)22/h16-17,22,25H,2-14H2,1H3. The molecular formula is C24H33NOS. The van der Waals surface area contributed by atoms with Gasteiger partial charge >= 0.3 is 0 Å². The van der Waals surface area contributed by atoms with Gasteiger partial charge in [0.15, 0.2) is 5.78 Å². The van der Waals surface area contributed by atoms with Crippen molar-refractivity contribution in [1.29, 1.82) is 0 Å². The third-order valence-electron chi connectivity index (χ3n) is 7.81. The van der Waals surface area contributed by atoms with Crippen LogP contribution in [0.3, 0.4) is 0 Å². The molecule has 0 saturated heterocycles. The highest BCUT2D eigenvalue weighted by molar-refractivity contribution is 7.99. The van der Waals surface area contributed by atoms with Crippen LogP contribution >= 0.6 is 11.8 Å². The van der Waals surface area contributed by atoms with E-state index in [-0.39, 0.29) is 0 Å². The molecule has 0 aromatic carbocycles. The first kappa shape index (κ1) is 18.1. The minimum Gasteiger partial charge on any atom is -0.362 e. The van der Waals surface area contributed by atoms with Crippen molar-refractivity contribution in [2.45, 2.75) is 88.7 Å². The Bertz CT molecular complexity index is 735. The molecule has 0 bridgehead atoms. The van der Waals surface area contributed by atoms with Gasteiger partial charge in [0, 0.05) is 34.6 Å². The summed E-state index contributed by atoms with van der Waals surface area (Å²) in [6, 6.07) is 0. The van der Waals surface area contributed by atoms with Gasteiger partial charge in [-0.1, -0.05) is 5.57 Å². The molecule has 0 spiro atoms. The molecule has 146 valence electrons. The van der Waals surface area contributed by atoms with E-state index < -0.39 is 0 Å². The van der Waals surface area contributed by atoms with Gasteiger partial charge in [0.2, 0.25) is 0 Å². The van der Waals surface area contributed by atoms with E-state index in [0.29, 0.717) is 17.6 Å². The lowest BCUT2D eigenvalue weighted by Gasteiger charge is -2.45. The van der Waals surface area contributed by atoms with Gasteiger partial charge in [-0.2, -0.15) is 11.8 Å². The quantitative estimate of drug-likeness (QED) is 0.629. The minimum absolute atomic E-state index is 0.412. The summed E-state index contributed by atoms with van der Waals surface area (Å²) in [6.45, 7) is 0. The van der Waals surface area contributed by atoms with Crippen molar-refractivity contribution in [3.8, 4) is 0 Å². The van der Waals surface area contributed by atoms with Gasteiger partial charge in [-0.05, 0) is 100 Å². The lowest BCUT2D eigenvalue weighted by Crippen LogP contribution is -2.39. The van der Waals surface area contributed by atoms with Crippen molar-refractivity contribution in [2.24, 2.45) is 11.8 Å². The van der Waals surface area contributed by atoms with E-state index in [2.05, 4.69) is 11.6 Å². The molecule has 1 aliphatic heterocycles. The van der Waals surface area contributed by atoms with Crippen molar-refractivity contribution in [1.82, 2.24) is 5.32 Å². The lowest BCUT2D eigenvalue weighted by atomic mass is 9.63. The second kappa shape index (κ2) is 7.46.